The van der Waals surface area contributed by atoms with Crippen molar-refractivity contribution in [2.24, 2.45) is 17.3 Å². The van der Waals surface area contributed by atoms with Crippen molar-refractivity contribution in [3.05, 3.63) is 34.1 Å². The van der Waals surface area contributed by atoms with E-state index in [0.29, 0.717) is 17.5 Å². The molecule has 0 aromatic carbocycles. The lowest BCUT2D eigenvalue weighted by atomic mass is 9.61. The normalized spacial score (nSPS) is 40.9. The molecule has 8 heteroatoms. The van der Waals surface area contributed by atoms with Gasteiger partial charge in [0.05, 0.1) is 29.6 Å². The first-order valence-electron chi connectivity index (χ1n) is 12.6. The molecule has 192 valence electrons. The first-order chi connectivity index (χ1) is 16.4. The van der Waals surface area contributed by atoms with Gasteiger partial charge in [-0.1, -0.05) is 38.6 Å². The molecule has 3 fully saturated rings. The zero-order chi connectivity index (χ0) is 25.5. The maximum atomic E-state index is 13.2. The first kappa shape index (κ1) is 26.6. The number of hydrogen-bond donors (Lipinski definition) is 3. The molecule has 1 aliphatic carbocycles. The van der Waals surface area contributed by atoms with E-state index in [4.69, 9.17) is 34.3 Å². The van der Waals surface area contributed by atoms with Gasteiger partial charge in [0, 0.05) is 23.3 Å². The molecule has 2 aliphatic heterocycles. The second-order valence-corrected chi connectivity index (χ2v) is 12.2. The van der Waals surface area contributed by atoms with Gasteiger partial charge in [-0.25, -0.2) is 0 Å². The summed E-state index contributed by atoms with van der Waals surface area (Å²) in [6.45, 7) is 7.73. The highest BCUT2D eigenvalue weighted by atomic mass is 32.1. The highest BCUT2D eigenvalue weighted by molar-refractivity contribution is 7.81. The van der Waals surface area contributed by atoms with Gasteiger partial charge < -0.3 is 19.6 Å². The maximum Gasteiger partial charge on any atom is 0.309 e. The monoisotopic (exact) mass is 519 g/mol. The summed E-state index contributed by atoms with van der Waals surface area (Å²) >= 11 is 10.0. The summed E-state index contributed by atoms with van der Waals surface area (Å²) in [6.07, 6.45) is 3.93. The molecule has 0 spiro atoms. The van der Waals surface area contributed by atoms with Gasteiger partial charge >= 0.3 is 5.97 Å². The van der Waals surface area contributed by atoms with Crippen molar-refractivity contribution in [1.82, 2.24) is 4.98 Å². The molecule has 1 unspecified atom stereocenters. The number of carbonyl (C=O) groups excluding carboxylic acids is 2. The largest absolute Gasteiger partial charge is 0.458 e. The molecule has 35 heavy (non-hydrogen) atoms. The molecule has 0 amide bonds. The highest BCUT2D eigenvalue weighted by Crippen LogP contribution is 2.49. The molecule has 0 radical (unpaired) electrons. The molecule has 6 nitrogen and oxygen atoms in total. The Balaban J connectivity index is 1.60. The van der Waals surface area contributed by atoms with Crippen molar-refractivity contribution in [1.29, 1.82) is 0 Å². The third-order valence-electron chi connectivity index (χ3n) is 8.42. The molecule has 2 saturated heterocycles. The van der Waals surface area contributed by atoms with Gasteiger partial charge in [0.25, 0.3) is 0 Å². The number of H-pyrrole nitrogens is 1. The molecule has 1 aromatic rings. The summed E-state index contributed by atoms with van der Waals surface area (Å²) in [5.41, 5.74) is 0.453. The number of thiol groups is 1. The Morgan fingerprint density at radius 1 is 1.31 bits per heavy atom. The number of carbonyl (C=O) groups is 2. The van der Waals surface area contributed by atoms with Crippen LogP contribution in [0.4, 0.5) is 0 Å². The number of aliphatic hydroxyl groups excluding tert-OH is 1. The van der Waals surface area contributed by atoms with E-state index in [1.54, 1.807) is 6.92 Å². The maximum absolute atomic E-state index is 13.2. The summed E-state index contributed by atoms with van der Waals surface area (Å²) in [5, 5.41) is 11.1. The van der Waals surface area contributed by atoms with Crippen LogP contribution in [0.1, 0.15) is 71.9 Å². The van der Waals surface area contributed by atoms with E-state index in [0.717, 1.165) is 30.5 Å². The predicted molar refractivity (Wildman–Crippen MR) is 141 cm³/mol. The van der Waals surface area contributed by atoms with Crippen LogP contribution in [0.15, 0.2) is 23.8 Å². The fraction of sp³-hybridized carbons (Fsp3) is 0.667. The van der Waals surface area contributed by atoms with Crippen LogP contribution in [0.3, 0.4) is 0 Å². The number of epoxide rings is 1. The molecule has 2 bridgehead atoms. The Labute approximate surface area is 218 Å². The fourth-order valence-electron chi connectivity index (χ4n) is 5.94. The van der Waals surface area contributed by atoms with E-state index >= 15 is 0 Å². The molecule has 1 aromatic heterocycles. The van der Waals surface area contributed by atoms with Gasteiger partial charge in [-0.15, -0.1) is 0 Å². The van der Waals surface area contributed by atoms with Crippen LogP contribution in [0.5, 0.6) is 0 Å². The first-order valence-corrected chi connectivity index (χ1v) is 13.5. The smallest absolute Gasteiger partial charge is 0.309 e. The van der Waals surface area contributed by atoms with Crippen LogP contribution < -0.4 is 0 Å². The number of esters is 1. The lowest BCUT2D eigenvalue weighted by molar-refractivity contribution is -0.156. The molecule has 3 heterocycles. The van der Waals surface area contributed by atoms with Gasteiger partial charge in [-0.2, -0.15) is 12.6 Å². The molecule has 4 rings (SSSR count). The minimum Gasteiger partial charge on any atom is -0.458 e. The molecule has 2 N–H and O–H groups in total. The molecular weight excluding hydrogens is 482 g/mol. The van der Waals surface area contributed by atoms with Crippen molar-refractivity contribution in [3.8, 4) is 0 Å². The third-order valence-corrected chi connectivity index (χ3v) is 9.53. The van der Waals surface area contributed by atoms with E-state index < -0.39 is 23.6 Å². The number of cyclic esters (lactones) is 1. The fourth-order valence-corrected chi connectivity index (χ4v) is 6.53. The number of nitrogens with one attached hydrogen (secondary N) is 1. The lowest BCUT2D eigenvalue weighted by Crippen LogP contribution is -2.52. The standard InChI is InChI=1S/C27H37NO5S2/c1-15(11-18-8-5-9-22(34)28-18)19-12-21-27(4,33-21)10-6-7-17-14-26(3,20(29)13-23(30)32-19)25(31)16(2)24(17)35/h5,8-9,11,16-17,19-21,24,29,35H,6-7,10,12-14H2,1-4H3,(H,28,34)/b15-11+/t16-,17-,19+,20+,21?,24-,26-,27-/m1/s1. The van der Waals surface area contributed by atoms with Gasteiger partial charge in [0.2, 0.25) is 0 Å². The average Bonchev–Trinajstić information content (AvgIpc) is 3.43. The lowest BCUT2D eigenvalue weighted by Gasteiger charge is -2.45. The Bertz CT molecular complexity index is 1070. The number of ketones is 1. The van der Waals surface area contributed by atoms with Crippen LogP contribution in [0, 0.1) is 21.9 Å². The molecule has 1 saturated carbocycles. The van der Waals surface area contributed by atoms with E-state index in [1.807, 2.05) is 38.1 Å². The van der Waals surface area contributed by atoms with Crippen LogP contribution in [0.25, 0.3) is 6.08 Å². The number of fused-ring (bicyclic) bond motifs is 3. The Morgan fingerprint density at radius 3 is 2.77 bits per heavy atom. The number of Topliss-reactive ketones (excluding diaryl/α,β-unsaturated/α-hetero) is 1. The average molecular weight is 520 g/mol. The van der Waals surface area contributed by atoms with Crippen LogP contribution in [-0.2, 0) is 19.1 Å². The number of pyridine rings is 1. The van der Waals surface area contributed by atoms with E-state index in [-0.39, 0.29) is 41.0 Å². The molecular formula is C27H37NO5S2. The van der Waals surface area contributed by atoms with Crippen molar-refractivity contribution in [2.75, 3.05) is 0 Å². The Morgan fingerprint density at radius 2 is 2.06 bits per heavy atom. The van der Waals surface area contributed by atoms with Crippen molar-refractivity contribution >= 4 is 42.7 Å². The Hall–Kier alpha value is -1.48. The summed E-state index contributed by atoms with van der Waals surface area (Å²) in [6, 6.07) is 5.59. The highest BCUT2D eigenvalue weighted by Gasteiger charge is 2.54. The molecule has 8 atom stereocenters. The van der Waals surface area contributed by atoms with Crippen LogP contribution in [0.2, 0.25) is 0 Å². The second-order valence-electron chi connectivity index (χ2n) is 11.1. The topological polar surface area (TPSA) is 91.9 Å². The Kier molecular flexibility index (Phi) is 7.68. The van der Waals surface area contributed by atoms with Gasteiger partial charge in [0.1, 0.15) is 16.5 Å². The number of aromatic nitrogens is 1. The molecule has 3 aliphatic rings. The number of aliphatic hydroxyl groups is 1. The summed E-state index contributed by atoms with van der Waals surface area (Å²) < 4.78 is 12.7. The second kappa shape index (κ2) is 10.1. The van der Waals surface area contributed by atoms with Crippen LogP contribution in [-0.4, -0.2) is 51.0 Å². The SMILES string of the molecule is C/C(=C\c1cccc(=S)[nH]1)[C@@H]1CC2O[C@]2(C)CCC[C@@H]2C[C@@](C)(C(=O)[C@H](C)[C@H]2S)[C@@H](O)CC(=O)O1. The van der Waals surface area contributed by atoms with Crippen LogP contribution >= 0.6 is 24.8 Å². The predicted octanol–water partition coefficient (Wildman–Crippen LogP) is 5.07. The number of hydrogen-bond acceptors (Lipinski definition) is 7. The number of ether oxygens (including phenoxy) is 2. The number of aromatic amines is 1. The van der Waals surface area contributed by atoms with Gasteiger partial charge in [-0.3, -0.25) is 9.59 Å². The van der Waals surface area contributed by atoms with E-state index in [9.17, 15) is 14.7 Å². The van der Waals surface area contributed by atoms with Crippen molar-refractivity contribution < 1.29 is 24.2 Å². The van der Waals surface area contributed by atoms with Gasteiger partial charge in [-0.05, 0) is 62.8 Å². The van der Waals surface area contributed by atoms with Crippen molar-refractivity contribution in [2.45, 2.75) is 95.4 Å². The summed E-state index contributed by atoms with van der Waals surface area (Å²) in [5.74, 6) is -0.622. The zero-order valence-electron chi connectivity index (χ0n) is 21.0. The quantitative estimate of drug-likeness (QED) is 0.219. The van der Waals surface area contributed by atoms with E-state index in [1.165, 1.54) is 0 Å². The van der Waals surface area contributed by atoms with Gasteiger partial charge in [0.15, 0.2) is 0 Å². The minimum atomic E-state index is -1.10. The minimum absolute atomic E-state index is 0.00491. The summed E-state index contributed by atoms with van der Waals surface area (Å²) in [4.78, 5) is 29.4. The van der Waals surface area contributed by atoms with E-state index in [2.05, 4.69) is 11.9 Å². The van der Waals surface area contributed by atoms with Crippen molar-refractivity contribution in [3.63, 3.8) is 0 Å². The summed E-state index contributed by atoms with van der Waals surface area (Å²) in [7, 11) is 0. The number of rotatable bonds is 2. The third kappa shape index (κ3) is 5.60. The zero-order valence-corrected chi connectivity index (χ0v) is 22.7.